The summed E-state index contributed by atoms with van der Waals surface area (Å²) < 4.78 is 22.1. The highest BCUT2D eigenvalue weighted by atomic mass is 32.1. The van der Waals surface area contributed by atoms with Gasteiger partial charge in [0.25, 0.3) is 5.56 Å². The first-order valence-electron chi connectivity index (χ1n) is 11.1. The summed E-state index contributed by atoms with van der Waals surface area (Å²) in [6, 6.07) is 3.78. The summed E-state index contributed by atoms with van der Waals surface area (Å²) in [5, 5.41) is 12.2. The summed E-state index contributed by atoms with van der Waals surface area (Å²) in [5.74, 6) is 0.00989. The van der Waals surface area contributed by atoms with Crippen LogP contribution in [0.1, 0.15) is 30.0 Å². The first kappa shape index (κ1) is 23.0. The molecule has 1 unspecified atom stereocenters. The van der Waals surface area contributed by atoms with E-state index in [-0.39, 0.29) is 25.4 Å². The van der Waals surface area contributed by atoms with Gasteiger partial charge in [0, 0.05) is 25.1 Å². The van der Waals surface area contributed by atoms with E-state index in [1.165, 1.54) is 52.3 Å². The van der Waals surface area contributed by atoms with Crippen LogP contribution >= 0.6 is 11.3 Å². The highest BCUT2D eigenvalue weighted by Gasteiger charge is 2.27. The van der Waals surface area contributed by atoms with Gasteiger partial charge in [0.1, 0.15) is 21.4 Å². The molecule has 35 heavy (non-hydrogen) atoms. The van der Waals surface area contributed by atoms with Crippen LogP contribution in [-0.2, 0) is 17.8 Å². The average molecular weight is 499 g/mol. The molecule has 182 valence electrons. The van der Waals surface area contributed by atoms with Crippen LogP contribution in [0.4, 0.5) is 4.39 Å². The fraction of sp³-hybridized carbons (Fsp3) is 0.348. The average Bonchev–Trinajstić information content (AvgIpc) is 3.48. The van der Waals surface area contributed by atoms with Crippen LogP contribution in [0.5, 0.6) is 5.75 Å². The molecule has 1 amide bonds. The van der Waals surface area contributed by atoms with Gasteiger partial charge in [0.05, 0.1) is 30.9 Å². The number of carbonyl (C=O) groups is 1. The molecular formula is C23H23FN6O4S. The smallest absolute Gasteiger partial charge is 0.332 e. The highest BCUT2D eigenvalue weighted by Crippen LogP contribution is 2.31. The fourth-order valence-electron chi connectivity index (χ4n) is 4.50. The lowest BCUT2D eigenvalue weighted by Crippen LogP contribution is -2.47. The maximum atomic E-state index is 13.9. The number of aromatic nitrogens is 5. The van der Waals surface area contributed by atoms with Crippen molar-refractivity contribution >= 4 is 27.5 Å². The van der Waals surface area contributed by atoms with E-state index < -0.39 is 23.1 Å². The molecule has 3 aromatic heterocycles. The molecule has 4 heterocycles. The standard InChI is InChI=1S/C23H23FN6O4S/c1-13-19-20(32)29(16-4-6-18(31)25-12-16)23(33)28(22(19)35-21(13)30-26-8-9-27-30)10-7-14-11-15(24)3-5-17(14)34-2/h3,5,8-9,11,16H,4,6-7,10,12H2,1-2H3,(H,25,31). The molecule has 1 fully saturated rings. The maximum absolute atomic E-state index is 13.9. The molecule has 1 aliphatic heterocycles. The minimum Gasteiger partial charge on any atom is -0.496 e. The van der Waals surface area contributed by atoms with Crippen molar-refractivity contribution in [2.75, 3.05) is 13.7 Å². The van der Waals surface area contributed by atoms with Gasteiger partial charge in [-0.15, -0.1) is 4.80 Å². The number of benzene rings is 1. The molecule has 1 aromatic carbocycles. The molecule has 0 aliphatic carbocycles. The number of piperidine rings is 1. The zero-order valence-corrected chi connectivity index (χ0v) is 20.0. The second-order valence-corrected chi connectivity index (χ2v) is 9.32. The molecule has 12 heteroatoms. The van der Waals surface area contributed by atoms with Gasteiger partial charge in [0.15, 0.2) is 0 Å². The number of rotatable bonds is 6. The predicted molar refractivity (Wildman–Crippen MR) is 128 cm³/mol. The normalized spacial score (nSPS) is 16.0. The number of ether oxygens (including phenoxy) is 1. The monoisotopic (exact) mass is 498 g/mol. The zero-order chi connectivity index (χ0) is 24.7. The summed E-state index contributed by atoms with van der Waals surface area (Å²) in [6.07, 6.45) is 4.01. The SMILES string of the molecule is COc1ccc(F)cc1CCn1c(=O)n(C2CCC(=O)NC2)c(=O)c2c(C)c(-n3nccn3)sc21. The molecule has 1 saturated heterocycles. The summed E-state index contributed by atoms with van der Waals surface area (Å²) in [6.45, 7) is 2.20. The molecule has 1 aliphatic rings. The van der Waals surface area contributed by atoms with Crippen molar-refractivity contribution in [1.29, 1.82) is 0 Å². The number of carbonyl (C=O) groups excluding carboxylic acids is 1. The van der Waals surface area contributed by atoms with Crippen molar-refractivity contribution in [3.05, 3.63) is 68.4 Å². The molecule has 1 N–H and O–H groups in total. The van der Waals surface area contributed by atoms with E-state index in [1.807, 2.05) is 0 Å². The number of thiophene rings is 1. The summed E-state index contributed by atoms with van der Waals surface area (Å²) in [5.41, 5.74) is 0.396. The number of halogens is 1. The van der Waals surface area contributed by atoms with Gasteiger partial charge in [-0.2, -0.15) is 10.2 Å². The topological polar surface area (TPSA) is 113 Å². The quantitative estimate of drug-likeness (QED) is 0.435. The number of hydrogen-bond acceptors (Lipinski definition) is 7. The van der Waals surface area contributed by atoms with Crippen molar-refractivity contribution in [3.63, 3.8) is 0 Å². The zero-order valence-electron chi connectivity index (χ0n) is 19.2. The molecule has 5 rings (SSSR count). The minimum atomic E-state index is -0.472. The number of fused-ring (bicyclic) bond motifs is 1. The Morgan fingerprint density at radius 2 is 2.00 bits per heavy atom. The second kappa shape index (κ2) is 9.10. The van der Waals surface area contributed by atoms with Crippen LogP contribution in [0.15, 0.2) is 40.2 Å². The van der Waals surface area contributed by atoms with Crippen molar-refractivity contribution in [2.24, 2.45) is 0 Å². The van der Waals surface area contributed by atoms with Gasteiger partial charge < -0.3 is 10.1 Å². The van der Waals surface area contributed by atoms with Crippen LogP contribution in [0.25, 0.3) is 15.2 Å². The Hall–Kier alpha value is -3.80. The molecular weight excluding hydrogens is 475 g/mol. The van der Waals surface area contributed by atoms with Crippen molar-refractivity contribution in [3.8, 4) is 10.8 Å². The lowest BCUT2D eigenvalue weighted by atomic mass is 10.1. The molecule has 0 bridgehead atoms. The summed E-state index contributed by atoms with van der Waals surface area (Å²) in [7, 11) is 1.50. The van der Waals surface area contributed by atoms with E-state index in [9.17, 15) is 18.8 Å². The van der Waals surface area contributed by atoms with Gasteiger partial charge in [-0.1, -0.05) is 11.3 Å². The van der Waals surface area contributed by atoms with Crippen LogP contribution in [0.3, 0.4) is 0 Å². The number of methoxy groups -OCH3 is 1. The van der Waals surface area contributed by atoms with Crippen LogP contribution in [-0.4, -0.2) is 43.7 Å². The number of nitrogens with zero attached hydrogens (tertiary/aromatic N) is 5. The fourth-order valence-corrected chi connectivity index (χ4v) is 5.73. The number of nitrogens with one attached hydrogen (secondary N) is 1. The Balaban J connectivity index is 1.68. The van der Waals surface area contributed by atoms with E-state index >= 15 is 0 Å². The Labute approximate surface area is 202 Å². The highest BCUT2D eigenvalue weighted by molar-refractivity contribution is 7.21. The summed E-state index contributed by atoms with van der Waals surface area (Å²) in [4.78, 5) is 40.9. The molecule has 10 nitrogen and oxygen atoms in total. The van der Waals surface area contributed by atoms with Gasteiger partial charge in [-0.25, -0.2) is 9.18 Å². The van der Waals surface area contributed by atoms with Gasteiger partial charge >= 0.3 is 5.69 Å². The van der Waals surface area contributed by atoms with E-state index in [0.29, 0.717) is 44.9 Å². The third kappa shape index (κ3) is 4.03. The van der Waals surface area contributed by atoms with E-state index in [0.717, 1.165) is 0 Å². The third-order valence-electron chi connectivity index (χ3n) is 6.27. The van der Waals surface area contributed by atoms with Crippen molar-refractivity contribution in [1.82, 2.24) is 29.4 Å². The van der Waals surface area contributed by atoms with Gasteiger partial charge in [-0.3, -0.25) is 18.7 Å². The number of aryl methyl sites for hydroxylation is 3. The third-order valence-corrected chi connectivity index (χ3v) is 7.55. The molecule has 4 aromatic rings. The Morgan fingerprint density at radius 3 is 2.69 bits per heavy atom. The van der Waals surface area contributed by atoms with Crippen molar-refractivity contribution in [2.45, 2.75) is 38.8 Å². The van der Waals surface area contributed by atoms with E-state index in [2.05, 4.69) is 15.5 Å². The first-order chi connectivity index (χ1) is 16.9. The predicted octanol–water partition coefficient (Wildman–Crippen LogP) is 1.96. The van der Waals surface area contributed by atoms with Crippen LogP contribution < -0.4 is 21.3 Å². The molecule has 0 radical (unpaired) electrons. The first-order valence-corrected chi connectivity index (χ1v) is 11.9. The largest absolute Gasteiger partial charge is 0.496 e. The number of hydrogen-bond donors (Lipinski definition) is 1. The van der Waals surface area contributed by atoms with Crippen LogP contribution in [0.2, 0.25) is 0 Å². The van der Waals surface area contributed by atoms with Gasteiger partial charge in [0.2, 0.25) is 5.91 Å². The Bertz CT molecular complexity index is 1530. The lowest BCUT2D eigenvalue weighted by molar-refractivity contribution is -0.122. The lowest BCUT2D eigenvalue weighted by Gasteiger charge is -2.25. The Morgan fingerprint density at radius 1 is 1.23 bits per heavy atom. The van der Waals surface area contributed by atoms with Crippen LogP contribution in [0, 0.1) is 12.7 Å². The van der Waals surface area contributed by atoms with Gasteiger partial charge in [-0.05, 0) is 43.5 Å². The molecule has 1 atom stereocenters. The Kier molecular flexibility index (Phi) is 5.97. The van der Waals surface area contributed by atoms with Crippen molar-refractivity contribution < 1.29 is 13.9 Å². The maximum Gasteiger partial charge on any atom is 0.332 e. The second-order valence-electron chi connectivity index (χ2n) is 8.34. The number of amides is 1. The summed E-state index contributed by atoms with van der Waals surface area (Å²) >= 11 is 1.25. The van der Waals surface area contributed by atoms with E-state index in [4.69, 9.17) is 4.74 Å². The minimum absolute atomic E-state index is 0.104. The van der Waals surface area contributed by atoms with E-state index in [1.54, 1.807) is 17.6 Å². The molecule has 0 spiro atoms. The molecule has 0 saturated carbocycles.